The van der Waals surface area contributed by atoms with Crippen LogP contribution < -0.4 is 10.3 Å². The van der Waals surface area contributed by atoms with Crippen LogP contribution >= 0.6 is 0 Å². The molecule has 2 aliphatic heterocycles. The lowest BCUT2D eigenvalue weighted by atomic mass is 10.1. The summed E-state index contributed by atoms with van der Waals surface area (Å²) in [5.41, 5.74) is 4.60. The van der Waals surface area contributed by atoms with Gasteiger partial charge in [0.15, 0.2) is 5.75 Å². The van der Waals surface area contributed by atoms with Gasteiger partial charge in [0.05, 0.1) is 17.5 Å². The second-order valence-corrected chi connectivity index (χ2v) is 3.36. The standard InChI is InChI=1S/C11H7N3O2/c15-11-8(6-12-13-11)9-5-7-3-1-2-4-10(7)16-14-9/h1-6,14H. The number of carbonyl (C=O) groups is 1. The molecule has 1 N–H and O–H groups in total. The number of carbonyl (C=O) groups excluding carboxylic acids is 1. The molecule has 5 nitrogen and oxygen atoms in total. The Labute approximate surface area is 91.1 Å². The molecule has 0 bridgehead atoms. The Balaban J connectivity index is 2.01. The number of amides is 1. The molecule has 0 unspecified atom stereocenters. The molecule has 2 heterocycles. The normalized spacial score (nSPS) is 17.1. The van der Waals surface area contributed by atoms with Crippen LogP contribution in [0.1, 0.15) is 5.56 Å². The summed E-state index contributed by atoms with van der Waals surface area (Å²) >= 11 is 0. The molecule has 1 aromatic rings. The summed E-state index contributed by atoms with van der Waals surface area (Å²) in [5, 5.41) is 6.96. The van der Waals surface area contributed by atoms with Gasteiger partial charge >= 0.3 is 0 Å². The van der Waals surface area contributed by atoms with E-state index in [-0.39, 0.29) is 5.91 Å². The molecule has 0 aromatic heterocycles. The number of nitrogens with zero attached hydrogens (tertiary/aromatic N) is 2. The Hall–Kier alpha value is -2.43. The predicted octanol–water partition coefficient (Wildman–Crippen LogP) is 1.80. The SMILES string of the molecule is O=C1N=NC=C1C1=Cc2ccccc2ON1. The zero-order valence-electron chi connectivity index (χ0n) is 8.18. The Morgan fingerprint density at radius 1 is 1.25 bits per heavy atom. The lowest BCUT2D eigenvalue weighted by Gasteiger charge is -2.18. The number of hydrogen-bond donors (Lipinski definition) is 1. The van der Waals surface area contributed by atoms with E-state index in [1.165, 1.54) is 6.20 Å². The molecule has 0 atom stereocenters. The van der Waals surface area contributed by atoms with Crippen molar-refractivity contribution in [3.8, 4) is 5.75 Å². The van der Waals surface area contributed by atoms with Gasteiger partial charge < -0.3 is 4.84 Å². The average Bonchev–Trinajstić information content (AvgIpc) is 2.75. The molecule has 1 aromatic carbocycles. The van der Waals surface area contributed by atoms with Gasteiger partial charge in [0, 0.05) is 5.56 Å². The molecule has 2 aliphatic rings. The third-order valence-corrected chi connectivity index (χ3v) is 2.35. The van der Waals surface area contributed by atoms with Crippen molar-refractivity contribution in [3.63, 3.8) is 0 Å². The van der Waals surface area contributed by atoms with Gasteiger partial charge in [-0.3, -0.25) is 4.79 Å². The summed E-state index contributed by atoms with van der Waals surface area (Å²) < 4.78 is 0. The Morgan fingerprint density at radius 2 is 2.12 bits per heavy atom. The molecule has 0 saturated heterocycles. The number of para-hydroxylation sites is 1. The second kappa shape index (κ2) is 3.30. The van der Waals surface area contributed by atoms with E-state index in [1.54, 1.807) is 0 Å². The van der Waals surface area contributed by atoms with Gasteiger partial charge in [-0.2, -0.15) is 5.11 Å². The first kappa shape index (κ1) is 8.84. The molecule has 3 rings (SSSR count). The number of nitrogens with one attached hydrogen (secondary N) is 1. The van der Waals surface area contributed by atoms with Crippen LogP contribution in [0, 0.1) is 0 Å². The molecular weight excluding hydrogens is 206 g/mol. The van der Waals surface area contributed by atoms with Crippen molar-refractivity contribution in [2.24, 2.45) is 10.2 Å². The maximum atomic E-state index is 11.3. The number of hydrogen-bond acceptors (Lipinski definition) is 4. The summed E-state index contributed by atoms with van der Waals surface area (Å²) in [5.74, 6) is 0.368. The highest BCUT2D eigenvalue weighted by Gasteiger charge is 2.21. The van der Waals surface area contributed by atoms with Gasteiger partial charge in [0.1, 0.15) is 0 Å². The van der Waals surface area contributed by atoms with Crippen LogP contribution in [-0.4, -0.2) is 5.91 Å². The van der Waals surface area contributed by atoms with Gasteiger partial charge in [-0.25, -0.2) is 5.48 Å². The minimum atomic E-state index is -0.360. The van der Waals surface area contributed by atoms with Gasteiger partial charge in [-0.05, 0) is 12.1 Å². The number of benzene rings is 1. The highest BCUT2D eigenvalue weighted by Crippen LogP contribution is 2.27. The molecular formula is C11H7N3O2. The molecule has 0 radical (unpaired) electrons. The first-order valence-electron chi connectivity index (χ1n) is 4.74. The van der Waals surface area contributed by atoms with Crippen molar-refractivity contribution in [2.45, 2.75) is 0 Å². The molecule has 0 fully saturated rings. The van der Waals surface area contributed by atoms with Crippen LogP contribution in [-0.2, 0) is 4.79 Å². The van der Waals surface area contributed by atoms with E-state index in [4.69, 9.17) is 4.84 Å². The van der Waals surface area contributed by atoms with Crippen LogP contribution in [0.15, 0.2) is 52.0 Å². The van der Waals surface area contributed by atoms with Crippen molar-refractivity contribution in [1.29, 1.82) is 0 Å². The Morgan fingerprint density at radius 3 is 2.94 bits per heavy atom. The zero-order valence-corrected chi connectivity index (χ0v) is 8.18. The van der Waals surface area contributed by atoms with E-state index in [1.807, 2.05) is 30.3 Å². The topological polar surface area (TPSA) is 63.0 Å². The van der Waals surface area contributed by atoms with Crippen molar-refractivity contribution in [2.75, 3.05) is 0 Å². The summed E-state index contributed by atoms with van der Waals surface area (Å²) in [7, 11) is 0. The summed E-state index contributed by atoms with van der Waals surface area (Å²) in [6.45, 7) is 0. The van der Waals surface area contributed by atoms with Crippen LogP contribution in [0.2, 0.25) is 0 Å². The fraction of sp³-hybridized carbons (Fsp3) is 0. The number of hydroxylamine groups is 1. The molecule has 5 heteroatoms. The fourth-order valence-corrected chi connectivity index (χ4v) is 1.55. The average molecular weight is 213 g/mol. The third-order valence-electron chi connectivity index (χ3n) is 2.35. The van der Waals surface area contributed by atoms with Crippen LogP contribution in [0.4, 0.5) is 0 Å². The molecule has 0 aliphatic carbocycles. The van der Waals surface area contributed by atoms with Gasteiger partial charge in [-0.15, -0.1) is 5.11 Å². The minimum Gasteiger partial charge on any atom is -0.382 e. The molecule has 0 spiro atoms. The maximum absolute atomic E-state index is 11.3. The Kier molecular flexibility index (Phi) is 1.83. The smallest absolute Gasteiger partial charge is 0.299 e. The number of fused-ring (bicyclic) bond motifs is 1. The van der Waals surface area contributed by atoms with E-state index in [0.29, 0.717) is 11.3 Å². The summed E-state index contributed by atoms with van der Waals surface area (Å²) in [6.07, 6.45) is 3.25. The van der Waals surface area contributed by atoms with E-state index < -0.39 is 0 Å². The minimum absolute atomic E-state index is 0.360. The monoisotopic (exact) mass is 213 g/mol. The predicted molar refractivity (Wildman–Crippen MR) is 56.1 cm³/mol. The Bertz CT molecular complexity index is 558. The molecule has 78 valence electrons. The quantitative estimate of drug-likeness (QED) is 0.773. The van der Waals surface area contributed by atoms with Gasteiger partial charge in [0.25, 0.3) is 5.91 Å². The summed E-state index contributed by atoms with van der Waals surface area (Å²) in [6, 6.07) is 7.53. The zero-order chi connectivity index (χ0) is 11.0. The van der Waals surface area contributed by atoms with Gasteiger partial charge in [-0.1, -0.05) is 18.2 Å². The second-order valence-electron chi connectivity index (χ2n) is 3.36. The lowest BCUT2D eigenvalue weighted by molar-refractivity contribution is -0.114. The maximum Gasteiger partial charge on any atom is 0.299 e. The fourth-order valence-electron chi connectivity index (χ4n) is 1.55. The highest BCUT2D eigenvalue weighted by molar-refractivity contribution is 6.00. The van der Waals surface area contributed by atoms with Crippen LogP contribution in [0.5, 0.6) is 5.75 Å². The first-order valence-corrected chi connectivity index (χ1v) is 4.74. The number of rotatable bonds is 1. The largest absolute Gasteiger partial charge is 0.382 e. The van der Waals surface area contributed by atoms with E-state index in [0.717, 1.165) is 11.3 Å². The van der Waals surface area contributed by atoms with Gasteiger partial charge in [0.2, 0.25) is 0 Å². The van der Waals surface area contributed by atoms with Crippen molar-refractivity contribution in [3.05, 3.63) is 47.3 Å². The first-order chi connectivity index (χ1) is 7.84. The lowest BCUT2D eigenvalue weighted by Crippen LogP contribution is -2.24. The van der Waals surface area contributed by atoms with Crippen molar-refractivity contribution < 1.29 is 9.63 Å². The molecule has 0 saturated carbocycles. The van der Waals surface area contributed by atoms with Crippen LogP contribution in [0.3, 0.4) is 0 Å². The number of azo groups is 1. The van der Waals surface area contributed by atoms with Crippen LogP contribution in [0.25, 0.3) is 6.08 Å². The van der Waals surface area contributed by atoms with E-state index >= 15 is 0 Å². The highest BCUT2D eigenvalue weighted by atomic mass is 16.6. The summed E-state index contributed by atoms with van der Waals surface area (Å²) in [4.78, 5) is 16.6. The molecule has 1 amide bonds. The van der Waals surface area contributed by atoms with Crippen molar-refractivity contribution >= 4 is 12.0 Å². The third kappa shape index (κ3) is 1.30. The van der Waals surface area contributed by atoms with E-state index in [9.17, 15) is 4.79 Å². The van der Waals surface area contributed by atoms with E-state index in [2.05, 4.69) is 15.7 Å². The molecule has 16 heavy (non-hydrogen) atoms. The van der Waals surface area contributed by atoms with Crippen molar-refractivity contribution in [1.82, 2.24) is 5.48 Å².